The zero-order valence-corrected chi connectivity index (χ0v) is 15.9. The predicted molar refractivity (Wildman–Crippen MR) is 105 cm³/mol. The summed E-state index contributed by atoms with van der Waals surface area (Å²) in [6.07, 6.45) is 1.24. The van der Waals surface area contributed by atoms with Gasteiger partial charge in [-0.2, -0.15) is 0 Å². The van der Waals surface area contributed by atoms with Gasteiger partial charge in [-0.25, -0.2) is 18.4 Å². The number of anilines is 1. The van der Waals surface area contributed by atoms with Crippen LogP contribution < -0.4 is 4.90 Å². The normalized spacial score (nSPS) is 15.4. The number of aromatic amines is 1. The molecular weight excluding hydrogens is 364 g/mol. The van der Waals surface area contributed by atoms with Gasteiger partial charge in [-0.15, -0.1) is 0 Å². The fourth-order valence-corrected chi connectivity index (χ4v) is 4.02. The number of fused-ring (bicyclic) bond motifs is 1. The molecule has 3 aromatic rings. The topological polar surface area (TPSA) is 88.2 Å². The number of ether oxygens (including phenoxy) is 1. The van der Waals surface area contributed by atoms with E-state index in [4.69, 9.17) is 9.72 Å². The van der Waals surface area contributed by atoms with Crippen molar-refractivity contribution in [3.63, 3.8) is 0 Å². The molecule has 1 radical (unpaired) electrons. The monoisotopic (exact) mass is 385 g/mol. The lowest BCUT2D eigenvalue weighted by Crippen LogP contribution is -2.36. The number of hydrogen-bond donors (Lipinski definition) is 1. The molecule has 0 aromatic carbocycles. The Labute approximate surface area is 158 Å². The summed E-state index contributed by atoms with van der Waals surface area (Å²) in [6, 6.07) is 9.34. The average Bonchev–Trinajstić information content (AvgIpc) is 3.00. The Hall–Kier alpha value is -2.45. The van der Waals surface area contributed by atoms with Gasteiger partial charge < -0.3 is 14.6 Å². The molecule has 0 spiro atoms. The van der Waals surface area contributed by atoms with Crippen molar-refractivity contribution in [2.75, 3.05) is 37.5 Å². The molecule has 0 atom stereocenters. The van der Waals surface area contributed by atoms with Crippen LogP contribution in [-0.2, 0) is 20.3 Å². The minimum Gasteiger partial charge on any atom is -0.378 e. The van der Waals surface area contributed by atoms with E-state index < -0.39 is 9.84 Å². The van der Waals surface area contributed by atoms with Crippen LogP contribution in [0.1, 0.15) is 11.3 Å². The van der Waals surface area contributed by atoms with Crippen LogP contribution in [0, 0.1) is 6.92 Å². The largest absolute Gasteiger partial charge is 0.378 e. The molecule has 0 amide bonds. The van der Waals surface area contributed by atoms with E-state index >= 15 is 0 Å². The minimum absolute atomic E-state index is 0.0325. The molecule has 1 saturated heterocycles. The van der Waals surface area contributed by atoms with Crippen LogP contribution in [0.15, 0.2) is 30.3 Å². The van der Waals surface area contributed by atoms with Crippen molar-refractivity contribution in [1.82, 2.24) is 15.0 Å². The number of sulfone groups is 1. The molecular formula is C19H21N4O3S. The third kappa shape index (κ3) is 4.12. The van der Waals surface area contributed by atoms with Gasteiger partial charge in [0.05, 0.1) is 41.4 Å². The van der Waals surface area contributed by atoms with Crippen molar-refractivity contribution in [2.45, 2.75) is 5.75 Å². The second-order valence-electron chi connectivity index (χ2n) is 6.81. The van der Waals surface area contributed by atoms with E-state index in [0.29, 0.717) is 30.2 Å². The highest BCUT2D eigenvalue weighted by Crippen LogP contribution is 2.25. The lowest BCUT2D eigenvalue weighted by atomic mass is 10.1. The van der Waals surface area contributed by atoms with E-state index in [-0.39, 0.29) is 5.75 Å². The number of rotatable bonds is 4. The highest BCUT2D eigenvalue weighted by atomic mass is 32.2. The Bertz CT molecular complexity index is 1090. The maximum Gasteiger partial charge on any atom is 0.151 e. The van der Waals surface area contributed by atoms with Gasteiger partial charge >= 0.3 is 0 Å². The molecule has 3 aromatic heterocycles. The summed E-state index contributed by atoms with van der Waals surface area (Å²) >= 11 is 0. The zero-order valence-electron chi connectivity index (χ0n) is 15.1. The van der Waals surface area contributed by atoms with Crippen molar-refractivity contribution in [3.8, 4) is 11.4 Å². The molecule has 0 unspecified atom stereocenters. The van der Waals surface area contributed by atoms with Gasteiger partial charge in [0, 0.05) is 25.0 Å². The molecule has 0 bridgehead atoms. The van der Waals surface area contributed by atoms with Gasteiger partial charge in [0.2, 0.25) is 0 Å². The van der Waals surface area contributed by atoms with Crippen molar-refractivity contribution in [1.29, 1.82) is 0 Å². The Balaban J connectivity index is 1.80. The molecule has 0 aliphatic carbocycles. The summed E-state index contributed by atoms with van der Waals surface area (Å²) in [7, 11) is -3.16. The lowest BCUT2D eigenvalue weighted by Gasteiger charge is -2.28. The standard InChI is InChI=1S/C19H21N4O3S/c1-13-9-17-15(20-13)3-4-16(21-17)18-10-14(12-27(2,24)25)11-19(22-18)23-5-7-26-8-6-23/h3-4,9-11,20H,1,5-8,12H2,2H3. The Morgan fingerprint density at radius 2 is 1.93 bits per heavy atom. The fraction of sp³-hybridized carbons (Fsp3) is 0.316. The van der Waals surface area contributed by atoms with E-state index in [9.17, 15) is 8.42 Å². The van der Waals surface area contributed by atoms with Crippen LogP contribution in [0.4, 0.5) is 5.82 Å². The molecule has 1 fully saturated rings. The van der Waals surface area contributed by atoms with Crippen molar-refractivity contribution in [3.05, 3.63) is 48.5 Å². The van der Waals surface area contributed by atoms with Gasteiger partial charge in [0.25, 0.3) is 0 Å². The van der Waals surface area contributed by atoms with Crippen molar-refractivity contribution in [2.24, 2.45) is 0 Å². The second-order valence-corrected chi connectivity index (χ2v) is 8.95. The van der Waals surface area contributed by atoms with E-state index in [1.807, 2.05) is 24.3 Å². The Morgan fingerprint density at radius 3 is 2.67 bits per heavy atom. The average molecular weight is 385 g/mol. The fourth-order valence-electron chi connectivity index (χ4n) is 3.25. The number of hydrogen-bond acceptors (Lipinski definition) is 6. The summed E-state index contributed by atoms with van der Waals surface area (Å²) in [5, 5.41) is 0. The highest BCUT2D eigenvalue weighted by molar-refractivity contribution is 7.89. The van der Waals surface area contributed by atoms with E-state index in [1.165, 1.54) is 6.26 Å². The van der Waals surface area contributed by atoms with Crippen LogP contribution >= 0.6 is 0 Å². The minimum atomic E-state index is -3.16. The second kappa shape index (κ2) is 6.94. The summed E-state index contributed by atoms with van der Waals surface area (Å²) in [4.78, 5) is 14.7. The molecule has 8 heteroatoms. The van der Waals surface area contributed by atoms with Gasteiger partial charge in [-0.1, -0.05) is 0 Å². The highest BCUT2D eigenvalue weighted by Gasteiger charge is 2.17. The zero-order chi connectivity index (χ0) is 19.0. The molecule has 4 rings (SSSR count). The number of nitrogens with one attached hydrogen (secondary N) is 1. The molecule has 7 nitrogen and oxygen atoms in total. The quantitative estimate of drug-likeness (QED) is 0.741. The van der Waals surface area contributed by atoms with Gasteiger partial charge in [0.1, 0.15) is 5.82 Å². The van der Waals surface area contributed by atoms with Gasteiger partial charge in [-0.05, 0) is 42.8 Å². The summed E-state index contributed by atoms with van der Waals surface area (Å²) in [5.41, 5.74) is 4.57. The third-order valence-corrected chi connectivity index (χ3v) is 5.29. The maximum absolute atomic E-state index is 11.8. The first kappa shape index (κ1) is 17.9. The molecule has 27 heavy (non-hydrogen) atoms. The molecule has 1 aliphatic heterocycles. The van der Waals surface area contributed by atoms with Gasteiger partial charge in [0.15, 0.2) is 9.84 Å². The number of H-pyrrole nitrogens is 1. The Kier molecular flexibility index (Phi) is 4.61. The number of morpholine rings is 1. The van der Waals surface area contributed by atoms with Crippen LogP contribution in [0.5, 0.6) is 0 Å². The summed E-state index contributed by atoms with van der Waals surface area (Å²) in [5.74, 6) is 0.721. The molecule has 4 heterocycles. The molecule has 0 saturated carbocycles. The van der Waals surface area contributed by atoms with Crippen LogP contribution in [0.2, 0.25) is 0 Å². The van der Waals surface area contributed by atoms with E-state index in [2.05, 4.69) is 21.8 Å². The van der Waals surface area contributed by atoms with Crippen molar-refractivity contribution >= 4 is 26.7 Å². The van der Waals surface area contributed by atoms with Gasteiger partial charge in [-0.3, -0.25) is 0 Å². The van der Waals surface area contributed by atoms with E-state index in [1.54, 1.807) is 6.07 Å². The first-order chi connectivity index (χ1) is 12.9. The van der Waals surface area contributed by atoms with Crippen LogP contribution in [0.3, 0.4) is 0 Å². The predicted octanol–water partition coefficient (Wildman–Crippen LogP) is 2.19. The van der Waals surface area contributed by atoms with Crippen LogP contribution in [0.25, 0.3) is 22.4 Å². The smallest absolute Gasteiger partial charge is 0.151 e. The molecule has 141 valence electrons. The number of pyridine rings is 2. The first-order valence-electron chi connectivity index (χ1n) is 8.71. The molecule has 1 aliphatic rings. The van der Waals surface area contributed by atoms with Crippen molar-refractivity contribution < 1.29 is 13.2 Å². The van der Waals surface area contributed by atoms with Crippen LogP contribution in [-0.4, -0.2) is 55.9 Å². The lowest BCUT2D eigenvalue weighted by molar-refractivity contribution is 0.122. The SMILES string of the molecule is [CH2]c1cc2nc(-c3cc(CS(C)(=O)=O)cc(N4CCOCC4)n3)ccc2[nH]1. The maximum atomic E-state index is 11.8. The van der Waals surface area contributed by atoms with E-state index in [0.717, 1.165) is 35.6 Å². The number of aromatic nitrogens is 3. The first-order valence-corrected chi connectivity index (χ1v) is 10.8. The third-order valence-electron chi connectivity index (χ3n) is 4.43. The number of nitrogens with zero attached hydrogens (tertiary/aromatic N) is 3. The summed E-state index contributed by atoms with van der Waals surface area (Å²) in [6.45, 7) is 6.61. The molecule has 1 N–H and O–H groups in total. The summed E-state index contributed by atoms with van der Waals surface area (Å²) < 4.78 is 29.1. The Morgan fingerprint density at radius 1 is 1.15 bits per heavy atom.